The first-order chi connectivity index (χ1) is 11.9. The van der Waals surface area contributed by atoms with Crippen LogP contribution in [0.4, 0.5) is 26.3 Å². The van der Waals surface area contributed by atoms with E-state index in [2.05, 4.69) is 4.74 Å². The summed E-state index contributed by atoms with van der Waals surface area (Å²) in [5.74, 6) is -1.64. The Balaban J connectivity index is 2.94. The first kappa shape index (κ1) is 21.3. The smallest absolute Gasteiger partial charge is 0.439 e. The van der Waals surface area contributed by atoms with Gasteiger partial charge in [-0.25, -0.2) is 9.18 Å². The third kappa shape index (κ3) is 5.98. The Bertz CT molecular complexity index is 704. The molecule has 0 bridgehead atoms. The van der Waals surface area contributed by atoms with Crippen LogP contribution in [0.5, 0.6) is 5.75 Å². The number of halogens is 6. The predicted octanol–water partition coefficient (Wildman–Crippen LogP) is 4.42. The van der Waals surface area contributed by atoms with E-state index in [1.54, 1.807) is 19.9 Å². The van der Waals surface area contributed by atoms with Crippen LogP contribution in [-0.4, -0.2) is 30.5 Å². The molecular weight excluding hydrogens is 368 g/mol. The van der Waals surface area contributed by atoms with Crippen molar-refractivity contribution >= 4 is 12.0 Å². The van der Waals surface area contributed by atoms with Crippen molar-refractivity contribution in [3.63, 3.8) is 0 Å². The molecule has 0 spiro atoms. The molecule has 1 unspecified atom stereocenters. The summed E-state index contributed by atoms with van der Waals surface area (Å²) in [4.78, 5) is 11.6. The largest absolute Gasteiger partial charge is 0.459 e. The number of alkyl halides is 6. The zero-order valence-corrected chi connectivity index (χ0v) is 13.5. The number of nitrogens with zero attached hydrogens (tertiary/aromatic N) is 1. The molecule has 0 aliphatic carbocycles. The standard InChI is InChI=1S/C16H13F6NO3/c1-9(2)25-13(24)11(8-23)7-10-3-5-12(6-4-10)26-16(21,22)14(17)15(18,19)20/h3-7,9,14H,1-2H3. The van der Waals surface area contributed by atoms with E-state index in [-0.39, 0.29) is 11.1 Å². The summed E-state index contributed by atoms with van der Waals surface area (Å²) < 4.78 is 83.8. The lowest BCUT2D eigenvalue weighted by Crippen LogP contribution is -2.45. The highest BCUT2D eigenvalue weighted by molar-refractivity contribution is 5.97. The van der Waals surface area contributed by atoms with E-state index in [4.69, 9.17) is 10.00 Å². The summed E-state index contributed by atoms with van der Waals surface area (Å²) in [5, 5.41) is 8.92. The molecule has 0 saturated carbocycles. The van der Waals surface area contributed by atoms with Gasteiger partial charge in [-0.05, 0) is 37.6 Å². The minimum absolute atomic E-state index is 0.186. The number of carbonyl (C=O) groups excluding carboxylic acids is 1. The van der Waals surface area contributed by atoms with Gasteiger partial charge in [0, 0.05) is 0 Å². The van der Waals surface area contributed by atoms with Crippen molar-refractivity contribution in [2.45, 2.75) is 38.4 Å². The molecule has 0 amide bonds. The zero-order chi connectivity index (χ0) is 20.1. The molecule has 10 heteroatoms. The van der Waals surface area contributed by atoms with Gasteiger partial charge < -0.3 is 9.47 Å². The molecule has 0 radical (unpaired) electrons. The number of rotatable bonds is 6. The van der Waals surface area contributed by atoms with Crippen LogP contribution in [-0.2, 0) is 9.53 Å². The third-order valence-corrected chi connectivity index (χ3v) is 2.71. The van der Waals surface area contributed by atoms with E-state index < -0.39 is 36.3 Å². The maximum atomic E-state index is 13.2. The average Bonchev–Trinajstić information content (AvgIpc) is 2.51. The van der Waals surface area contributed by atoms with Crippen LogP contribution in [0, 0.1) is 11.3 Å². The number of ether oxygens (including phenoxy) is 2. The molecule has 4 nitrogen and oxygen atoms in total. The van der Waals surface area contributed by atoms with E-state index in [0.717, 1.165) is 30.3 Å². The van der Waals surface area contributed by atoms with Crippen molar-refractivity contribution in [1.29, 1.82) is 5.26 Å². The average molecular weight is 381 g/mol. The number of benzene rings is 1. The topological polar surface area (TPSA) is 59.3 Å². The molecule has 0 aliphatic heterocycles. The quantitative estimate of drug-likeness (QED) is 0.317. The maximum absolute atomic E-state index is 13.2. The lowest BCUT2D eigenvalue weighted by Gasteiger charge is -2.23. The molecule has 0 heterocycles. The summed E-state index contributed by atoms with van der Waals surface area (Å²) in [6.07, 6.45) is -14.8. The van der Waals surface area contributed by atoms with Gasteiger partial charge in [-0.15, -0.1) is 0 Å². The monoisotopic (exact) mass is 381 g/mol. The normalized spacial score (nSPS) is 13.9. The van der Waals surface area contributed by atoms with E-state index in [9.17, 15) is 31.1 Å². The Morgan fingerprint density at radius 2 is 1.69 bits per heavy atom. The van der Waals surface area contributed by atoms with E-state index in [1.165, 1.54) is 0 Å². The summed E-state index contributed by atoms with van der Waals surface area (Å²) >= 11 is 0. The van der Waals surface area contributed by atoms with Gasteiger partial charge in [-0.2, -0.15) is 27.2 Å². The van der Waals surface area contributed by atoms with Crippen molar-refractivity contribution < 1.29 is 40.6 Å². The van der Waals surface area contributed by atoms with Crippen molar-refractivity contribution in [2.24, 2.45) is 0 Å². The first-order valence-corrected chi connectivity index (χ1v) is 7.07. The van der Waals surface area contributed by atoms with Gasteiger partial charge in [-0.1, -0.05) is 12.1 Å². The SMILES string of the molecule is CC(C)OC(=O)C(C#N)=Cc1ccc(OC(F)(F)C(F)C(F)(F)F)cc1. The molecule has 0 aromatic heterocycles. The highest BCUT2D eigenvalue weighted by atomic mass is 19.4. The highest BCUT2D eigenvalue weighted by Gasteiger charge is 2.59. The van der Waals surface area contributed by atoms with E-state index in [0.29, 0.717) is 0 Å². The van der Waals surface area contributed by atoms with Crippen molar-refractivity contribution in [3.05, 3.63) is 35.4 Å². The van der Waals surface area contributed by atoms with Crippen LogP contribution in [0.15, 0.2) is 29.8 Å². The van der Waals surface area contributed by atoms with Crippen LogP contribution in [0.25, 0.3) is 6.08 Å². The third-order valence-electron chi connectivity index (χ3n) is 2.71. The van der Waals surface area contributed by atoms with Gasteiger partial charge in [0.25, 0.3) is 6.17 Å². The molecular formula is C16H13F6NO3. The Labute approximate surface area is 144 Å². The van der Waals surface area contributed by atoms with Gasteiger partial charge >= 0.3 is 18.3 Å². The number of carbonyl (C=O) groups is 1. The van der Waals surface area contributed by atoms with Crippen molar-refractivity contribution in [1.82, 2.24) is 0 Å². The van der Waals surface area contributed by atoms with Crippen molar-refractivity contribution in [2.75, 3.05) is 0 Å². The fraction of sp³-hybridized carbons (Fsp3) is 0.375. The van der Waals surface area contributed by atoms with Gasteiger partial charge in [0.2, 0.25) is 0 Å². The highest BCUT2D eigenvalue weighted by Crippen LogP contribution is 2.36. The second kappa shape index (κ2) is 8.12. The predicted molar refractivity (Wildman–Crippen MR) is 77.8 cm³/mol. The first-order valence-electron chi connectivity index (χ1n) is 7.07. The molecule has 1 aromatic carbocycles. The lowest BCUT2D eigenvalue weighted by molar-refractivity contribution is -0.304. The minimum atomic E-state index is -5.79. The molecule has 26 heavy (non-hydrogen) atoms. The van der Waals surface area contributed by atoms with Crippen LogP contribution in [0.1, 0.15) is 19.4 Å². The molecule has 0 aliphatic rings. The fourth-order valence-electron chi connectivity index (χ4n) is 1.61. The summed E-state index contributed by atoms with van der Waals surface area (Å²) in [5.41, 5.74) is -0.191. The number of hydrogen-bond acceptors (Lipinski definition) is 4. The van der Waals surface area contributed by atoms with Crippen LogP contribution < -0.4 is 4.74 Å². The number of nitriles is 1. The zero-order valence-electron chi connectivity index (χ0n) is 13.5. The van der Waals surface area contributed by atoms with Crippen molar-refractivity contribution in [3.8, 4) is 11.8 Å². The Kier molecular flexibility index (Phi) is 6.66. The van der Waals surface area contributed by atoms with Crippen LogP contribution in [0.3, 0.4) is 0 Å². The summed E-state index contributed by atoms with van der Waals surface area (Å²) in [7, 11) is 0. The van der Waals surface area contributed by atoms with Crippen LogP contribution >= 0.6 is 0 Å². The molecule has 1 rings (SSSR count). The molecule has 1 atom stereocenters. The summed E-state index contributed by atoms with van der Waals surface area (Å²) in [6, 6.07) is 5.46. The maximum Gasteiger partial charge on any atom is 0.439 e. The molecule has 0 fully saturated rings. The second-order valence-corrected chi connectivity index (χ2v) is 5.26. The minimum Gasteiger partial charge on any atom is -0.459 e. The molecule has 142 valence electrons. The molecule has 1 aromatic rings. The Hall–Kier alpha value is -2.70. The molecule has 0 N–H and O–H groups in total. The fourth-order valence-corrected chi connectivity index (χ4v) is 1.61. The lowest BCUT2D eigenvalue weighted by atomic mass is 10.1. The number of hydrogen-bond donors (Lipinski definition) is 0. The Morgan fingerprint density at radius 3 is 2.12 bits per heavy atom. The van der Waals surface area contributed by atoms with Crippen LogP contribution in [0.2, 0.25) is 0 Å². The van der Waals surface area contributed by atoms with Gasteiger partial charge in [0.05, 0.1) is 6.10 Å². The van der Waals surface area contributed by atoms with Gasteiger partial charge in [0.15, 0.2) is 0 Å². The summed E-state index contributed by atoms with van der Waals surface area (Å²) in [6.45, 7) is 3.14. The van der Waals surface area contributed by atoms with Gasteiger partial charge in [0.1, 0.15) is 17.4 Å². The second-order valence-electron chi connectivity index (χ2n) is 5.26. The van der Waals surface area contributed by atoms with E-state index in [1.807, 2.05) is 0 Å². The van der Waals surface area contributed by atoms with E-state index >= 15 is 0 Å². The number of esters is 1. The Morgan fingerprint density at radius 1 is 1.15 bits per heavy atom. The molecule has 0 saturated heterocycles. The van der Waals surface area contributed by atoms with Gasteiger partial charge in [-0.3, -0.25) is 0 Å².